The number of aryl methyl sites for hydroxylation is 1. The van der Waals surface area contributed by atoms with Gasteiger partial charge in [-0.2, -0.15) is 0 Å². The Morgan fingerprint density at radius 1 is 0.923 bits per heavy atom. The third-order valence-electron chi connectivity index (χ3n) is 4.06. The van der Waals surface area contributed by atoms with Crippen molar-refractivity contribution in [3.05, 3.63) is 88.8 Å². The van der Waals surface area contributed by atoms with Crippen LogP contribution in [0.1, 0.15) is 18.7 Å². The van der Waals surface area contributed by atoms with E-state index in [4.69, 9.17) is 4.74 Å². The second-order valence-electron chi connectivity index (χ2n) is 5.98. The summed E-state index contributed by atoms with van der Waals surface area (Å²) in [6.07, 6.45) is 0. The number of nitrogens with one attached hydrogen (secondary N) is 1. The summed E-state index contributed by atoms with van der Waals surface area (Å²) >= 11 is 0. The molecule has 0 saturated carbocycles. The molecule has 0 aliphatic rings. The van der Waals surface area contributed by atoms with Crippen LogP contribution in [0.15, 0.2) is 77.6 Å². The first-order valence-electron chi connectivity index (χ1n) is 8.36. The van der Waals surface area contributed by atoms with Crippen LogP contribution in [0.4, 0.5) is 5.69 Å². The van der Waals surface area contributed by atoms with Crippen LogP contribution in [-0.4, -0.2) is 10.5 Å². The highest BCUT2D eigenvalue weighted by Gasteiger charge is 2.17. The van der Waals surface area contributed by atoms with Gasteiger partial charge in [0, 0.05) is 17.4 Å². The van der Waals surface area contributed by atoms with Crippen molar-refractivity contribution in [2.75, 3.05) is 5.32 Å². The van der Waals surface area contributed by atoms with Gasteiger partial charge >= 0.3 is 0 Å². The van der Waals surface area contributed by atoms with Crippen molar-refractivity contribution < 1.29 is 9.53 Å². The zero-order valence-corrected chi connectivity index (χ0v) is 14.7. The standard InChI is InChI=1S/C21H20N2O3/c1-15-7-6-10-20(24)23(15)16(2)21(25)22-17-11-13-19(14-12-17)26-18-8-4-3-5-9-18/h3-14,16H,1-2H3,(H,22,25). The molecule has 0 bridgehead atoms. The van der Waals surface area contributed by atoms with Crippen molar-refractivity contribution in [1.82, 2.24) is 4.57 Å². The van der Waals surface area contributed by atoms with Crippen LogP contribution < -0.4 is 15.6 Å². The molecule has 1 unspecified atom stereocenters. The number of rotatable bonds is 5. The number of hydrogen-bond acceptors (Lipinski definition) is 3. The number of carbonyl (C=O) groups is 1. The Kier molecular flexibility index (Phi) is 5.17. The monoisotopic (exact) mass is 348 g/mol. The zero-order valence-electron chi connectivity index (χ0n) is 14.7. The van der Waals surface area contributed by atoms with Gasteiger partial charge in [0.25, 0.3) is 5.56 Å². The van der Waals surface area contributed by atoms with Crippen molar-refractivity contribution >= 4 is 11.6 Å². The number of hydrogen-bond donors (Lipinski definition) is 1. The summed E-state index contributed by atoms with van der Waals surface area (Å²) in [6.45, 7) is 3.51. The second-order valence-corrected chi connectivity index (χ2v) is 5.98. The number of anilines is 1. The van der Waals surface area contributed by atoms with Crippen molar-refractivity contribution in [3.63, 3.8) is 0 Å². The molecule has 1 N–H and O–H groups in total. The number of carbonyl (C=O) groups excluding carboxylic acids is 1. The maximum Gasteiger partial charge on any atom is 0.251 e. The molecule has 1 atom stereocenters. The third-order valence-corrected chi connectivity index (χ3v) is 4.06. The van der Waals surface area contributed by atoms with Gasteiger partial charge in [0.15, 0.2) is 0 Å². The predicted octanol–water partition coefficient (Wildman–Crippen LogP) is 4.15. The highest BCUT2D eigenvalue weighted by atomic mass is 16.5. The summed E-state index contributed by atoms with van der Waals surface area (Å²) in [5, 5.41) is 2.83. The van der Waals surface area contributed by atoms with E-state index in [1.807, 2.05) is 30.3 Å². The highest BCUT2D eigenvalue weighted by Crippen LogP contribution is 2.23. The van der Waals surface area contributed by atoms with Gasteiger partial charge in [0.05, 0.1) is 0 Å². The van der Waals surface area contributed by atoms with Gasteiger partial charge in [-0.05, 0) is 56.3 Å². The lowest BCUT2D eigenvalue weighted by Crippen LogP contribution is -2.32. The van der Waals surface area contributed by atoms with E-state index >= 15 is 0 Å². The van der Waals surface area contributed by atoms with Crippen LogP contribution in [0, 0.1) is 6.92 Å². The van der Waals surface area contributed by atoms with Crippen LogP contribution >= 0.6 is 0 Å². The molecule has 1 amide bonds. The molecule has 2 aromatic carbocycles. The molecule has 0 aliphatic heterocycles. The van der Waals surface area contributed by atoms with Gasteiger partial charge in [0.1, 0.15) is 17.5 Å². The molecular weight excluding hydrogens is 328 g/mol. The van der Waals surface area contributed by atoms with Crippen molar-refractivity contribution in [2.24, 2.45) is 0 Å². The molecule has 5 nitrogen and oxygen atoms in total. The van der Waals surface area contributed by atoms with Crippen molar-refractivity contribution in [2.45, 2.75) is 19.9 Å². The summed E-state index contributed by atoms with van der Waals surface area (Å²) in [4.78, 5) is 24.5. The molecule has 1 heterocycles. The van der Waals surface area contributed by atoms with E-state index in [9.17, 15) is 9.59 Å². The lowest BCUT2D eigenvalue weighted by molar-refractivity contribution is -0.118. The van der Waals surface area contributed by atoms with E-state index in [0.717, 1.165) is 11.4 Å². The Bertz CT molecular complexity index is 947. The molecule has 0 spiro atoms. The van der Waals surface area contributed by atoms with Gasteiger partial charge in [-0.25, -0.2) is 0 Å². The molecule has 26 heavy (non-hydrogen) atoms. The Balaban J connectivity index is 1.69. The summed E-state index contributed by atoms with van der Waals surface area (Å²) in [5.74, 6) is 1.17. The third kappa shape index (κ3) is 4.00. The Hall–Kier alpha value is -3.34. The molecular formula is C21H20N2O3. The van der Waals surface area contributed by atoms with E-state index in [-0.39, 0.29) is 11.5 Å². The number of amides is 1. The average Bonchev–Trinajstić information content (AvgIpc) is 2.64. The first-order chi connectivity index (χ1) is 12.5. The number of benzene rings is 2. The molecule has 0 fully saturated rings. The lowest BCUT2D eigenvalue weighted by Gasteiger charge is -2.17. The average molecular weight is 348 g/mol. The van der Waals surface area contributed by atoms with Gasteiger partial charge < -0.3 is 14.6 Å². The van der Waals surface area contributed by atoms with Gasteiger partial charge in [-0.15, -0.1) is 0 Å². The largest absolute Gasteiger partial charge is 0.457 e. The molecule has 5 heteroatoms. The second kappa shape index (κ2) is 7.70. The van der Waals surface area contributed by atoms with Crippen LogP contribution in [0.25, 0.3) is 0 Å². The van der Waals surface area contributed by atoms with Crippen LogP contribution in [0.3, 0.4) is 0 Å². The van der Waals surface area contributed by atoms with E-state index in [2.05, 4.69) is 5.32 Å². The summed E-state index contributed by atoms with van der Waals surface area (Å²) in [5.41, 5.74) is 1.19. The Labute approximate surface area is 151 Å². The highest BCUT2D eigenvalue weighted by molar-refractivity contribution is 5.93. The Morgan fingerprint density at radius 3 is 2.23 bits per heavy atom. The predicted molar refractivity (Wildman–Crippen MR) is 102 cm³/mol. The molecule has 0 aliphatic carbocycles. The van der Waals surface area contributed by atoms with Crippen LogP contribution in [0.2, 0.25) is 0 Å². The Morgan fingerprint density at radius 2 is 1.58 bits per heavy atom. The van der Waals surface area contributed by atoms with E-state index in [0.29, 0.717) is 11.4 Å². The fourth-order valence-corrected chi connectivity index (χ4v) is 2.70. The molecule has 3 aromatic rings. The van der Waals surface area contributed by atoms with E-state index in [1.54, 1.807) is 50.2 Å². The molecule has 1 aromatic heterocycles. The number of para-hydroxylation sites is 1. The lowest BCUT2D eigenvalue weighted by atomic mass is 10.2. The zero-order chi connectivity index (χ0) is 18.5. The number of aromatic nitrogens is 1. The molecule has 0 saturated heterocycles. The summed E-state index contributed by atoms with van der Waals surface area (Å²) in [7, 11) is 0. The number of nitrogens with zero attached hydrogens (tertiary/aromatic N) is 1. The maximum absolute atomic E-state index is 12.5. The molecule has 132 valence electrons. The minimum absolute atomic E-state index is 0.195. The summed E-state index contributed by atoms with van der Waals surface area (Å²) in [6, 6.07) is 20.9. The first kappa shape index (κ1) is 17.5. The van der Waals surface area contributed by atoms with Gasteiger partial charge in [-0.1, -0.05) is 24.3 Å². The molecule has 0 radical (unpaired) electrons. The maximum atomic E-state index is 12.5. The summed E-state index contributed by atoms with van der Waals surface area (Å²) < 4.78 is 7.20. The fraction of sp³-hybridized carbons (Fsp3) is 0.143. The SMILES string of the molecule is Cc1cccc(=O)n1C(C)C(=O)Nc1ccc(Oc2ccccc2)cc1. The normalized spacial score (nSPS) is 11.6. The minimum atomic E-state index is -0.607. The quantitative estimate of drug-likeness (QED) is 0.753. The van der Waals surface area contributed by atoms with Crippen LogP contribution in [0.5, 0.6) is 11.5 Å². The topological polar surface area (TPSA) is 60.3 Å². The van der Waals surface area contributed by atoms with E-state index in [1.165, 1.54) is 10.6 Å². The smallest absolute Gasteiger partial charge is 0.251 e. The first-order valence-corrected chi connectivity index (χ1v) is 8.36. The van der Waals surface area contributed by atoms with Crippen molar-refractivity contribution in [1.29, 1.82) is 0 Å². The number of ether oxygens (including phenoxy) is 1. The van der Waals surface area contributed by atoms with E-state index < -0.39 is 6.04 Å². The fourth-order valence-electron chi connectivity index (χ4n) is 2.70. The van der Waals surface area contributed by atoms with Crippen LogP contribution in [-0.2, 0) is 4.79 Å². The number of pyridine rings is 1. The van der Waals surface area contributed by atoms with Gasteiger partial charge in [0.2, 0.25) is 5.91 Å². The molecule has 3 rings (SSSR count). The van der Waals surface area contributed by atoms with Gasteiger partial charge in [-0.3, -0.25) is 9.59 Å². The van der Waals surface area contributed by atoms with Crippen molar-refractivity contribution in [3.8, 4) is 11.5 Å². The minimum Gasteiger partial charge on any atom is -0.457 e.